The van der Waals surface area contributed by atoms with E-state index in [0.29, 0.717) is 16.5 Å². The monoisotopic (exact) mass is 366 g/mol. The number of hydrogen-bond acceptors (Lipinski definition) is 2. The molecule has 106 valence electrons. The molecule has 1 aromatic carbocycles. The zero-order chi connectivity index (χ0) is 13.1. The number of benzene rings is 1. The molecular weight excluding hydrogens is 351 g/mol. The fourth-order valence-electron chi connectivity index (χ4n) is 2.28. The van der Waals surface area contributed by atoms with Crippen LogP contribution in [0.25, 0.3) is 0 Å². The van der Waals surface area contributed by atoms with Gasteiger partial charge in [0.2, 0.25) is 0 Å². The molecule has 1 amide bonds. The lowest BCUT2D eigenvalue weighted by molar-refractivity contribution is 0.0787. The van der Waals surface area contributed by atoms with Crippen LogP contribution in [0.1, 0.15) is 16.8 Å². The number of halogens is 3. The van der Waals surface area contributed by atoms with Crippen LogP contribution in [0.4, 0.5) is 0 Å². The average Bonchev–Trinajstić information content (AvgIpc) is 2.81. The van der Waals surface area contributed by atoms with Crippen LogP contribution in [0.5, 0.6) is 0 Å². The molecule has 1 unspecified atom stereocenters. The van der Waals surface area contributed by atoms with Crippen LogP contribution >= 0.6 is 39.9 Å². The van der Waals surface area contributed by atoms with Crippen LogP contribution < -0.4 is 5.32 Å². The van der Waals surface area contributed by atoms with Gasteiger partial charge < -0.3 is 10.2 Å². The largest absolute Gasteiger partial charge is 0.338 e. The summed E-state index contributed by atoms with van der Waals surface area (Å²) >= 11 is 9.28. The summed E-state index contributed by atoms with van der Waals surface area (Å²) in [6, 6.07) is 5.32. The topological polar surface area (TPSA) is 32.3 Å². The molecule has 19 heavy (non-hydrogen) atoms. The number of amides is 1. The molecule has 1 aliphatic heterocycles. The molecule has 1 heterocycles. The molecule has 3 nitrogen and oxygen atoms in total. The first-order valence-corrected chi connectivity index (χ1v) is 7.18. The Balaban J connectivity index is 0.00000180. The number of carbonyl (C=O) groups is 1. The summed E-state index contributed by atoms with van der Waals surface area (Å²) in [5, 5.41) is 3.79. The Morgan fingerprint density at radius 2 is 2.32 bits per heavy atom. The zero-order valence-electron chi connectivity index (χ0n) is 10.7. The van der Waals surface area contributed by atoms with Crippen LogP contribution in [-0.4, -0.2) is 37.5 Å². The van der Waals surface area contributed by atoms with Gasteiger partial charge in [-0.3, -0.25) is 4.79 Å². The zero-order valence-corrected chi connectivity index (χ0v) is 13.8. The number of rotatable bonds is 3. The Morgan fingerprint density at radius 1 is 1.58 bits per heavy atom. The van der Waals surface area contributed by atoms with E-state index < -0.39 is 0 Å². The first-order chi connectivity index (χ1) is 8.61. The molecule has 0 radical (unpaired) electrons. The fraction of sp³-hybridized carbons (Fsp3) is 0.462. The van der Waals surface area contributed by atoms with E-state index in [1.54, 1.807) is 18.2 Å². The van der Waals surface area contributed by atoms with Gasteiger partial charge in [0.25, 0.3) is 5.91 Å². The molecule has 1 N–H and O–H groups in total. The Labute approximate surface area is 133 Å². The van der Waals surface area contributed by atoms with Crippen LogP contribution in [-0.2, 0) is 0 Å². The molecule has 1 atom stereocenters. The van der Waals surface area contributed by atoms with Gasteiger partial charge in [-0.05, 0) is 60.1 Å². The predicted octanol–water partition coefficient (Wildman–Crippen LogP) is 3.21. The minimum atomic E-state index is 0. The number of likely N-dealkylation sites (tertiary alicyclic amines) is 1. The lowest BCUT2D eigenvalue weighted by Gasteiger charge is -2.17. The summed E-state index contributed by atoms with van der Waals surface area (Å²) in [6.45, 7) is 2.64. The second-order valence-corrected chi connectivity index (χ2v) is 5.85. The molecule has 1 saturated heterocycles. The van der Waals surface area contributed by atoms with E-state index in [4.69, 9.17) is 11.6 Å². The maximum absolute atomic E-state index is 12.3. The van der Waals surface area contributed by atoms with Gasteiger partial charge in [-0.25, -0.2) is 0 Å². The van der Waals surface area contributed by atoms with Crippen LogP contribution in [0, 0.1) is 5.92 Å². The highest BCUT2D eigenvalue weighted by atomic mass is 79.9. The van der Waals surface area contributed by atoms with Crippen molar-refractivity contribution < 1.29 is 4.79 Å². The molecule has 1 fully saturated rings. The van der Waals surface area contributed by atoms with E-state index in [9.17, 15) is 4.79 Å². The molecule has 2 rings (SSSR count). The highest BCUT2D eigenvalue weighted by molar-refractivity contribution is 9.10. The first-order valence-electron chi connectivity index (χ1n) is 6.00. The lowest BCUT2D eigenvalue weighted by Crippen LogP contribution is -2.30. The SMILES string of the molecule is CNCC1CCN(C(=O)c2ccc(Cl)c(Br)c2)C1.Cl. The molecular formula is C13H17BrCl2N2O. The van der Waals surface area contributed by atoms with Crippen molar-refractivity contribution in [3.63, 3.8) is 0 Å². The fourth-order valence-corrected chi connectivity index (χ4v) is 2.78. The van der Waals surface area contributed by atoms with Gasteiger partial charge in [-0.1, -0.05) is 11.6 Å². The molecule has 1 aromatic rings. The Kier molecular flexibility index (Phi) is 6.60. The highest BCUT2D eigenvalue weighted by Gasteiger charge is 2.26. The summed E-state index contributed by atoms with van der Waals surface area (Å²) in [4.78, 5) is 14.2. The summed E-state index contributed by atoms with van der Waals surface area (Å²) in [7, 11) is 1.95. The van der Waals surface area contributed by atoms with Gasteiger partial charge in [-0.2, -0.15) is 0 Å². The second-order valence-electron chi connectivity index (χ2n) is 4.59. The molecule has 0 saturated carbocycles. The molecule has 0 aliphatic carbocycles. The highest BCUT2D eigenvalue weighted by Crippen LogP contribution is 2.25. The van der Waals surface area contributed by atoms with Crippen molar-refractivity contribution in [2.24, 2.45) is 5.92 Å². The van der Waals surface area contributed by atoms with Crippen molar-refractivity contribution in [3.05, 3.63) is 33.3 Å². The van der Waals surface area contributed by atoms with Gasteiger partial charge >= 0.3 is 0 Å². The van der Waals surface area contributed by atoms with E-state index in [0.717, 1.165) is 30.5 Å². The van der Waals surface area contributed by atoms with E-state index in [1.807, 2.05) is 11.9 Å². The Bertz CT molecular complexity index is 456. The summed E-state index contributed by atoms with van der Waals surface area (Å²) in [5.74, 6) is 0.653. The second kappa shape index (κ2) is 7.48. The van der Waals surface area contributed by atoms with Gasteiger partial charge in [0.15, 0.2) is 0 Å². The molecule has 0 bridgehead atoms. The van der Waals surface area contributed by atoms with Crippen molar-refractivity contribution in [1.82, 2.24) is 10.2 Å². The maximum Gasteiger partial charge on any atom is 0.253 e. The quantitative estimate of drug-likeness (QED) is 0.889. The third-order valence-corrected chi connectivity index (χ3v) is 4.45. The molecule has 6 heteroatoms. The van der Waals surface area contributed by atoms with Crippen LogP contribution in [0.15, 0.2) is 22.7 Å². The Hall–Kier alpha value is -0.290. The standard InChI is InChI=1S/C13H16BrClN2O.ClH/c1-16-7-9-4-5-17(8-9)13(18)10-2-3-12(15)11(14)6-10;/h2-3,6,9,16H,4-5,7-8H2,1H3;1H. The van der Waals surface area contributed by atoms with Crippen molar-refractivity contribution in [3.8, 4) is 0 Å². The van der Waals surface area contributed by atoms with E-state index in [2.05, 4.69) is 21.2 Å². The first kappa shape index (κ1) is 16.8. The third kappa shape index (κ3) is 4.09. The smallest absolute Gasteiger partial charge is 0.253 e. The van der Waals surface area contributed by atoms with Crippen LogP contribution in [0.2, 0.25) is 5.02 Å². The number of nitrogens with zero attached hydrogens (tertiary/aromatic N) is 1. The average molecular weight is 368 g/mol. The lowest BCUT2D eigenvalue weighted by atomic mass is 10.1. The predicted molar refractivity (Wildman–Crippen MR) is 84.3 cm³/mol. The third-order valence-electron chi connectivity index (χ3n) is 3.23. The van der Waals surface area contributed by atoms with E-state index in [1.165, 1.54) is 0 Å². The summed E-state index contributed by atoms with van der Waals surface area (Å²) < 4.78 is 0.765. The van der Waals surface area contributed by atoms with Gasteiger partial charge in [0.1, 0.15) is 0 Å². The molecule has 1 aliphatic rings. The minimum Gasteiger partial charge on any atom is -0.338 e. The minimum absolute atomic E-state index is 0. The van der Waals surface area contributed by atoms with Crippen LogP contribution in [0.3, 0.4) is 0 Å². The summed E-state index contributed by atoms with van der Waals surface area (Å²) in [5.41, 5.74) is 0.691. The van der Waals surface area contributed by atoms with Gasteiger partial charge in [0.05, 0.1) is 5.02 Å². The van der Waals surface area contributed by atoms with Gasteiger partial charge in [0, 0.05) is 23.1 Å². The van der Waals surface area contributed by atoms with Crippen molar-refractivity contribution in [1.29, 1.82) is 0 Å². The summed E-state index contributed by atoms with van der Waals surface area (Å²) in [6.07, 6.45) is 1.07. The van der Waals surface area contributed by atoms with E-state index >= 15 is 0 Å². The number of hydrogen-bond donors (Lipinski definition) is 1. The van der Waals surface area contributed by atoms with Crippen molar-refractivity contribution >= 4 is 45.8 Å². The number of nitrogens with one attached hydrogen (secondary N) is 1. The molecule has 0 aromatic heterocycles. The molecule has 0 spiro atoms. The number of carbonyl (C=O) groups excluding carboxylic acids is 1. The maximum atomic E-state index is 12.3. The van der Waals surface area contributed by atoms with Crippen molar-refractivity contribution in [2.45, 2.75) is 6.42 Å². The Morgan fingerprint density at radius 3 is 2.95 bits per heavy atom. The normalized spacial score (nSPS) is 18.3. The van der Waals surface area contributed by atoms with Gasteiger partial charge in [-0.15, -0.1) is 12.4 Å². The van der Waals surface area contributed by atoms with Crippen molar-refractivity contribution in [2.75, 3.05) is 26.7 Å². The van der Waals surface area contributed by atoms with E-state index in [-0.39, 0.29) is 18.3 Å².